The predicted octanol–water partition coefficient (Wildman–Crippen LogP) is 5.72. The summed E-state index contributed by atoms with van der Waals surface area (Å²) in [5, 5.41) is 20.2. The van der Waals surface area contributed by atoms with Crippen molar-refractivity contribution in [2.24, 2.45) is 10.2 Å². The second-order valence-electron chi connectivity index (χ2n) is 7.35. The van der Waals surface area contributed by atoms with Gasteiger partial charge in [-0.15, -0.1) is 10.2 Å². The molecule has 0 atom stereocenters. The Labute approximate surface area is 173 Å². The molecule has 0 radical (unpaired) electrons. The van der Waals surface area contributed by atoms with Crippen LogP contribution in [0.15, 0.2) is 58.8 Å². The minimum atomic E-state index is -0.514. The van der Waals surface area contributed by atoms with Crippen molar-refractivity contribution in [3.05, 3.63) is 59.8 Å². The topological polar surface area (TPSA) is 89.1 Å². The molecule has 0 saturated heterocycles. The molecule has 30 heavy (non-hydrogen) atoms. The summed E-state index contributed by atoms with van der Waals surface area (Å²) < 4.78 is 7.05. The number of benzene rings is 2. The monoisotopic (exact) mass is 402 g/mol. The molecule has 4 rings (SSSR count). The molecule has 152 valence electrons. The van der Waals surface area contributed by atoms with Crippen LogP contribution in [0.3, 0.4) is 0 Å². The number of hydrogen-bond donors (Lipinski definition) is 1. The lowest BCUT2D eigenvalue weighted by Crippen LogP contribution is -1.99. The van der Waals surface area contributed by atoms with E-state index in [0.717, 1.165) is 10.9 Å². The van der Waals surface area contributed by atoms with Crippen LogP contribution < -0.4 is 4.74 Å². The Kier molecular flexibility index (Phi) is 4.95. The first-order chi connectivity index (χ1) is 14.4. The summed E-state index contributed by atoms with van der Waals surface area (Å²) in [6.07, 6.45) is 0. The Morgan fingerprint density at radius 3 is 2.63 bits per heavy atom. The van der Waals surface area contributed by atoms with Crippen molar-refractivity contribution < 1.29 is 14.6 Å². The van der Waals surface area contributed by atoms with Crippen LogP contribution in [0.5, 0.6) is 11.6 Å². The van der Waals surface area contributed by atoms with Crippen molar-refractivity contribution in [3.63, 3.8) is 0 Å². The standard InChI is InChI=1S/C23H22N4O3/c1-13(2)27-20-8-6-5-7-16(20)21(23(27)29)25-26-22(28)18-11-14(3)24-19-10-9-15(30-4)12-17(18)19/h5-13,29H,1-4H3. The van der Waals surface area contributed by atoms with Gasteiger partial charge >= 0.3 is 0 Å². The first-order valence-corrected chi connectivity index (χ1v) is 9.64. The number of aromatic hydroxyl groups is 1. The van der Waals surface area contributed by atoms with Crippen LogP contribution in [-0.2, 0) is 0 Å². The number of carbonyl (C=O) groups is 1. The zero-order valence-corrected chi connectivity index (χ0v) is 17.2. The van der Waals surface area contributed by atoms with E-state index >= 15 is 0 Å². The number of azo groups is 1. The molecule has 4 aromatic rings. The molecule has 2 aromatic heterocycles. The van der Waals surface area contributed by atoms with Crippen molar-refractivity contribution >= 4 is 33.4 Å². The molecule has 0 spiro atoms. The third kappa shape index (κ3) is 3.28. The van der Waals surface area contributed by atoms with Crippen molar-refractivity contribution in [1.29, 1.82) is 0 Å². The molecule has 0 saturated carbocycles. The molecule has 0 aliphatic heterocycles. The molecule has 0 aliphatic rings. The largest absolute Gasteiger partial charge is 0.497 e. The highest BCUT2D eigenvalue weighted by atomic mass is 16.5. The summed E-state index contributed by atoms with van der Waals surface area (Å²) in [6, 6.07) is 14.6. The van der Waals surface area contributed by atoms with Crippen LogP contribution in [0, 0.1) is 6.92 Å². The lowest BCUT2D eigenvalue weighted by molar-refractivity contribution is 0.0996. The van der Waals surface area contributed by atoms with Gasteiger partial charge in [-0.1, -0.05) is 18.2 Å². The normalized spacial score (nSPS) is 11.8. The maximum atomic E-state index is 13.0. The molecule has 1 N–H and O–H groups in total. The van der Waals surface area contributed by atoms with Gasteiger partial charge in [0.05, 0.1) is 23.7 Å². The molecule has 0 bridgehead atoms. The fourth-order valence-electron chi connectivity index (χ4n) is 3.64. The number of aromatic nitrogens is 2. The number of fused-ring (bicyclic) bond motifs is 2. The Balaban J connectivity index is 1.81. The zero-order valence-electron chi connectivity index (χ0n) is 17.2. The van der Waals surface area contributed by atoms with Crippen molar-refractivity contribution in [1.82, 2.24) is 9.55 Å². The quantitative estimate of drug-likeness (QED) is 0.442. The molecule has 7 heteroatoms. The molecule has 0 aliphatic carbocycles. The number of rotatable bonds is 4. The van der Waals surface area contributed by atoms with Crippen LogP contribution in [0.1, 0.15) is 35.9 Å². The number of para-hydroxylation sites is 1. The van der Waals surface area contributed by atoms with E-state index in [4.69, 9.17) is 4.74 Å². The van der Waals surface area contributed by atoms with E-state index in [0.29, 0.717) is 27.9 Å². The Morgan fingerprint density at radius 2 is 1.90 bits per heavy atom. The Bertz CT molecular complexity index is 1310. The average molecular weight is 402 g/mol. The number of ether oxygens (including phenoxy) is 1. The average Bonchev–Trinajstić information content (AvgIpc) is 3.02. The van der Waals surface area contributed by atoms with Crippen LogP contribution in [0.4, 0.5) is 5.69 Å². The van der Waals surface area contributed by atoms with Gasteiger partial charge in [0, 0.05) is 22.5 Å². The van der Waals surface area contributed by atoms with E-state index in [1.54, 1.807) is 35.9 Å². The van der Waals surface area contributed by atoms with E-state index in [-0.39, 0.29) is 17.6 Å². The lowest BCUT2D eigenvalue weighted by Gasteiger charge is -2.10. The summed E-state index contributed by atoms with van der Waals surface area (Å²) >= 11 is 0. The molecule has 1 amide bonds. The van der Waals surface area contributed by atoms with Gasteiger partial charge in [0.15, 0.2) is 5.69 Å². The number of carbonyl (C=O) groups excluding carboxylic acids is 1. The first kappa shape index (κ1) is 19.6. The molecule has 0 unspecified atom stereocenters. The van der Waals surface area contributed by atoms with Crippen LogP contribution in [0.2, 0.25) is 0 Å². The first-order valence-electron chi connectivity index (χ1n) is 9.64. The third-order valence-electron chi connectivity index (χ3n) is 4.99. The maximum Gasteiger partial charge on any atom is 0.296 e. The minimum absolute atomic E-state index is 0.0137. The van der Waals surface area contributed by atoms with Crippen molar-refractivity contribution in [2.75, 3.05) is 7.11 Å². The number of amides is 1. The Hall–Kier alpha value is -3.74. The summed E-state index contributed by atoms with van der Waals surface area (Å²) in [6.45, 7) is 5.76. The Morgan fingerprint density at radius 1 is 1.13 bits per heavy atom. The summed E-state index contributed by atoms with van der Waals surface area (Å²) in [4.78, 5) is 17.4. The van der Waals surface area contributed by atoms with Crippen molar-refractivity contribution in [2.45, 2.75) is 26.8 Å². The zero-order chi connectivity index (χ0) is 21.4. The molecule has 2 aromatic carbocycles. The second-order valence-corrected chi connectivity index (χ2v) is 7.35. The van der Waals surface area contributed by atoms with Gasteiger partial charge in [-0.05, 0) is 51.1 Å². The molecule has 0 fully saturated rings. The molecular formula is C23H22N4O3. The third-order valence-corrected chi connectivity index (χ3v) is 4.99. The van der Waals surface area contributed by atoms with Gasteiger partial charge in [0.2, 0.25) is 5.88 Å². The van der Waals surface area contributed by atoms with E-state index < -0.39 is 5.91 Å². The number of pyridine rings is 1. The summed E-state index contributed by atoms with van der Waals surface area (Å²) in [7, 11) is 1.57. The highest BCUT2D eigenvalue weighted by Gasteiger charge is 2.19. The molecular weight excluding hydrogens is 380 g/mol. The van der Waals surface area contributed by atoms with Crippen molar-refractivity contribution in [3.8, 4) is 11.6 Å². The van der Waals surface area contributed by atoms with E-state index in [1.165, 1.54) is 0 Å². The van der Waals surface area contributed by atoms with Gasteiger partial charge in [0.25, 0.3) is 5.91 Å². The predicted molar refractivity (Wildman–Crippen MR) is 116 cm³/mol. The number of nitrogens with zero attached hydrogens (tertiary/aromatic N) is 4. The van der Waals surface area contributed by atoms with Crippen LogP contribution >= 0.6 is 0 Å². The van der Waals surface area contributed by atoms with Gasteiger partial charge in [-0.25, -0.2) is 0 Å². The minimum Gasteiger partial charge on any atom is -0.497 e. The summed E-state index contributed by atoms with van der Waals surface area (Å²) in [5.74, 6) is 0.0940. The number of aryl methyl sites for hydroxylation is 1. The van der Waals surface area contributed by atoms with E-state index in [2.05, 4.69) is 15.2 Å². The molecule has 2 heterocycles. The maximum absolute atomic E-state index is 13.0. The highest BCUT2D eigenvalue weighted by Crippen LogP contribution is 2.40. The smallest absolute Gasteiger partial charge is 0.296 e. The summed E-state index contributed by atoms with van der Waals surface area (Å²) in [5.41, 5.74) is 2.87. The van der Waals surface area contributed by atoms with Gasteiger partial charge in [0.1, 0.15) is 5.75 Å². The molecule has 7 nitrogen and oxygen atoms in total. The number of hydrogen-bond acceptors (Lipinski definition) is 5. The lowest BCUT2D eigenvalue weighted by atomic mass is 10.1. The fourth-order valence-corrected chi connectivity index (χ4v) is 3.64. The second kappa shape index (κ2) is 7.59. The van der Waals surface area contributed by atoms with E-state index in [1.807, 2.05) is 45.0 Å². The van der Waals surface area contributed by atoms with Gasteiger partial charge < -0.3 is 14.4 Å². The van der Waals surface area contributed by atoms with Crippen LogP contribution in [-0.4, -0.2) is 27.7 Å². The SMILES string of the molecule is COc1ccc2nc(C)cc(C(=O)N=Nc3c(O)n(C(C)C)c4ccccc34)c2c1. The van der Waals surface area contributed by atoms with Gasteiger partial charge in [-0.3, -0.25) is 9.78 Å². The van der Waals surface area contributed by atoms with Gasteiger partial charge in [-0.2, -0.15) is 0 Å². The van der Waals surface area contributed by atoms with E-state index in [9.17, 15) is 9.90 Å². The fraction of sp³-hybridized carbons (Fsp3) is 0.217. The number of methoxy groups -OCH3 is 1. The van der Waals surface area contributed by atoms with Crippen LogP contribution in [0.25, 0.3) is 21.8 Å². The highest BCUT2D eigenvalue weighted by molar-refractivity contribution is 6.07.